The molecule has 0 spiro atoms. The van der Waals surface area contributed by atoms with Gasteiger partial charge >= 0.3 is 5.97 Å². The van der Waals surface area contributed by atoms with E-state index in [0.29, 0.717) is 5.06 Å². The molecule has 1 aliphatic heterocycles. The fraction of sp³-hybridized carbons (Fsp3) is 0.294. The minimum absolute atomic E-state index is 0.00460. The molecule has 1 aliphatic rings. The summed E-state index contributed by atoms with van der Waals surface area (Å²) in [6, 6.07) is 8.03. The molecule has 1 unspecified atom stereocenters. The van der Waals surface area contributed by atoms with Gasteiger partial charge in [-0.2, -0.15) is 5.10 Å². The number of fused-ring (bicyclic) bond motifs is 1. The number of amides is 2. The zero-order chi connectivity index (χ0) is 17.4. The number of hydroxylamine groups is 2. The van der Waals surface area contributed by atoms with Gasteiger partial charge in [-0.1, -0.05) is 17.2 Å². The maximum atomic E-state index is 12.2. The molecule has 7 heteroatoms. The number of hydrogen-bond acceptors (Lipinski definition) is 5. The van der Waals surface area contributed by atoms with E-state index in [1.165, 1.54) is 12.1 Å². The molecule has 1 aromatic carbocycles. The Morgan fingerprint density at radius 3 is 2.25 bits per heavy atom. The van der Waals surface area contributed by atoms with Crippen molar-refractivity contribution in [2.75, 3.05) is 0 Å². The van der Waals surface area contributed by atoms with Crippen molar-refractivity contribution in [3.05, 3.63) is 52.8 Å². The second-order valence-electron chi connectivity index (χ2n) is 5.84. The number of imide groups is 1. The molecule has 1 aromatic heterocycles. The SMILES string of the molecule is Cc1cc(C)n(C(C)CC(=O)ON2C(=O)c3ccccc3C2=O)n1. The van der Waals surface area contributed by atoms with Gasteiger partial charge in [0.25, 0.3) is 11.8 Å². The molecule has 0 saturated heterocycles. The first kappa shape index (κ1) is 15.9. The summed E-state index contributed by atoms with van der Waals surface area (Å²) in [5.41, 5.74) is 2.25. The van der Waals surface area contributed by atoms with Gasteiger partial charge in [0.2, 0.25) is 0 Å². The quantitative estimate of drug-likeness (QED) is 0.804. The molecule has 0 N–H and O–H groups in total. The zero-order valence-corrected chi connectivity index (χ0v) is 13.6. The Morgan fingerprint density at radius 1 is 1.17 bits per heavy atom. The van der Waals surface area contributed by atoms with Crippen LogP contribution in [0, 0.1) is 13.8 Å². The summed E-state index contributed by atoms with van der Waals surface area (Å²) < 4.78 is 1.72. The number of carbonyl (C=O) groups excluding carboxylic acids is 3. The second kappa shape index (κ2) is 5.92. The summed E-state index contributed by atoms with van der Waals surface area (Å²) in [4.78, 5) is 41.5. The van der Waals surface area contributed by atoms with E-state index >= 15 is 0 Å². The summed E-state index contributed by atoms with van der Waals surface area (Å²) >= 11 is 0. The van der Waals surface area contributed by atoms with Crippen molar-refractivity contribution >= 4 is 17.8 Å². The molecule has 7 nitrogen and oxygen atoms in total. The minimum Gasteiger partial charge on any atom is -0.330 e. The molecular formula is C17H17N3O4. The van der Waals surface area contributed by atoms with Gasteiger partial charge in [-0.3, -0.25) is 14.3 Å². The highest BCUT2D eigenvalue weighted by Crippen LogP contribution is 2.23. The monoisotopic (exact) mass is 327 g/mol. The Hall–Kier alpha value is -2.96. The van der Waals surface area contributed by atoms with Gasteiger partial charge in [0.05, 0.1) is 29.3 Å². The lowest BCUT2D eigenvalue weighted by Gasteiger charge is -2.16. The van der Waals surface area contributed by atoms with Crippen molar-refractivity contribution in [3.8, 4) is 0 Å². The lowest BCUT2D eigenvalue weighted by Crippen LogP contribution is -2.33. The van der Waals surface area contributed by atoms with Crippen LogP contribution in [0.2, 0.25) is 0 Å². The summed E-state index contributed by atoms with van der Waals surface area (Å²) in [6.07, 6.45) is -0.00460. The van der Waals surface area contributed by atoms with Crippen LogP contribution in [0.3, 0.4) is 0 Å². The highest BCUT2D eigenvalue weighted by Gasteiger charge is 2.38. The third-order valence-corrected chi connectivity index (χ3v) is 3.87. The minimum atomic E-state index is -0.662. The number of carbonyl (C=O) groups is 3. The predicted octanol–water partition coefficient (Wildman–Crippen LogP) is 2.21. The topological polar surface area (TPSA) is 81.5 Å². The van der Waals surface area contributed by atoms with Gasteiger partial charge in [-0.15, -0.1) is 0 Å². The van der Waals surface area contributed by atoms with Crippen molar-refractivity contribution in [1.82, 2.24) is 14.8 Å². The van der Waals surface area contributed by atoms with Crippen LogP contribution in [0.4, 0.5) is 0 Å². The van der Waals surface area contributed by atoms with Crippen molar-refractivity contribution in [2.45, 2.75) is 33.2 Å². The molecule has 3 rings (SSSR count). The molecule has 1 atom stereocenters. The Balaban J connectivity index is 1.69. The average molecular weight is 327 g/mol. The second-order valence-corrected chi connectivity index (χ2v) is 5.84. The van der Waals surface area contributed by atoms with Crippen molar-refractivity contribution < 1.29 is 19.2 Å². The molecule has 2 aromatic rings. The predicted molar refractivity (Wildman–Crippen MR) is 84.1 cm³/mol. The van der Waals surface area contributed by atoms with Crippen molar-refractivity contribution in [3.63, 3.8) is 0 Å². The zero-order valence-electron chi connectivity index (χ0n) is 13.6. The molecule has 2 amide bonds. The number of rotatable bonds is 4. The van der Waals surface area contributed by atoms with E-state index in [0.717, 1.165) is 11.4 Å². The van der Waals surface area contributed by atoms with Crippen LogP contribution >= 0.6 is 0 Å². The fourth-order valence-corrected chi connectivity index (χ4v) is 2.81. The van der Waals surface area contributed by atoms with Crippen LogP contribution in [0.1, 0.15) is 51.5 Å². The van der Waals surface area contributed by atoms with E-state index in [1.807, 2.05) is 26.8 Å². The smallest absolute Gasteiger partial charge is 0.330 e. The molecule has 124 valence electrons. The Kier molecular flexibility index (Phi) is 3.92. The Morgan fingerprint density at radius 2 is 1.75 bits per heavy atom. The number of aromatic nitrogens is 2. The van der Waals surface area contributed by atoms with Crippen molar-refractivity contribution in [2.24, 2.45) is 0 Å². The van der Waals surface area contributed by atoms with E-state index in [1.54, 1.807) is 16.8 Å². The Labute approximate surface area is 138 Å². The van der Waals surface area contributed by atoms with E-state index in [2.05, 4.69) is 5.10 Å². The van der Waals surface area contributed by atoms with Crippen LogP contribution < -0.4 is 0 Å². The van der Waals surface area contributed by atoms with Gasteiger partial charge in [-0.25, -0.2) is 4.79 Å². The summed E-state index contributed by atoms with van der Waals surface area (Å²) in [7, 11) is 0. The molecule has 0 radical (unpaired) electrons. The average Bonchev–Trinajstić information content (AvgIpc) is 3.00. The maximum absolute atomic E-state index is 12.2. The highest BCUT2D eigenvalue weighted by molar-refractivity contribution is 6.20. The van der Waals surface area contributed by atoms with Crippen LogP contribution in [0.15, 0.2) is 30.3 Å². The number of nitrogens with zero attached hydrogens (tertiary/aromatic N) is 3. The Bertz CT molecular complexity index is 805. The summed E-state index contributed by atoms with van der Waals surface area (Å²) in [5.74, 6) is -1.91. The van der Waals surface area contributed by atoms with Crippen molar-refractivity contribution in [1.29, 1.82) is 0 Å². The largest absolute Gasteiger partial charge is 0.335 e. The first-order valence-electron chi connectivity index (χ1n) is 7.60. The van der Waals surface area contributed by atoms with Gasteiger partial charge in [-0.05, 0) is 39.0 Å². The van der Waals surface area contributed by atoms with Crippen LogP contribution in [0.5, 0.6) is 0 Å². The lowest BCUT2D eigenvalue weighted by molar-refractivity contribution is -0.169. The maximum Gasteiger partial charge on any atom is 0.335 e. The number of aryl methyl sites for hydroxylation is 2. The van der Waals surface area contributed by atoms with Crippen LogP contribution in [0.25, 0.3) is 0 Å². The van der Waals surface area contributed by atoms with E-state index in [-0.39, 0.29) is 23.6 Å². The van der Waals surface area contributed by atoms with Crippen LogP contribution in [-0.4, -0.2) is 32.6 Å². The summed E-state index contributed by atoms with van der Waals surface area (Å²) in [5, 5.41) is 4.85. The summed E-state index contributed by atoms with van der Waals surface area (Å²) in [6.45, 7) is 5.59. The van der Waals surface area contributed by atoms with Gasteiger partial charge in [0, 0.05) is 5.69 Å². The van der Waals surface area contributed by atoms with Gasteiger partial charge < -0.3 is 4.84 Å². The highest BCUT2D eigenvalue weighted by atomic mass is 16.7. The van der Waals surface area contributed by atoms with Gasteiger partial charge in [0.1, 0.15) is 0 Å². The lowest BCUT2D eigenvalue weighted by atomic mass is 10.1. The van der Waals surface area contributed by atoms with E-state index in [4.69, 9.17) is 4.84 Å². The third kappa shape index (κ3) is 2.68. The van der Waals surface area contributed by atoms with Gasteiger partial charge in [0.15, 0.2) is 0 Å². The molecule has 2 heterocycles. The molecule has 0 fully saturated rings. The standard InChI is InChI=1S/C17H17N3O4/c1-10-8-11(2)19(18-10)12(3)9-15(21)24-20-16(22)13-6-4-5-7-14(13)17(20)23/h4-8,12H,9H2,1-3H3. The number of benzene rings is 1. The normalized spacial score (nSPS) is 14.7. The molecule has 24 heavy (non-hydrogen) atoms. The van der Waals surface area contributed by atoms with E-state index in [9.17, 15) is 14.4 Å². The van der Waals surface area contributed by atoms with E-state index < -0.39 is 17.8 Å². The third-order valence-electron chi connectivity index (χ3n) is 3.87. The molecule has 0 aliphatic carbocycles. The number of hydrogen-bond donors (Lipinski definition) is 0. The first-order chi connectivity index (χ1) is 11.4. The fourth-order valence-electron chi connectivity index (χ4n) is 2.81. The first-order valence-corrected chi connectivity index (χ1v) is 7.60. The molecular weight excluding hydrogens is 310 g/mol. The molecule has 0 saturated carbocycles. The van der Waals surface area contributed by atoms with Crippen LogP contribution in [-0.2, 0) is 9.63 Å². The molecule has 0 bridgehead atoms.